The Hall–Kier alpha value is -2.91. The summed E-state index contributed by atoms with van der Waals surface area (Å²) >= 11 is 0. The van der Waals surface area contributed by atoms with Gasteiger partial charge in [0.2, 0.25) is 0 Å². The van der Waals surface area contributed by atoms with Gasteiger partial charge < -0.3 is 4.42 Å². The molecule has 0 aromatic carbocycles. The van der Waals surface area contributed by atoms with Gasteiger partial charge in [-0.25, -0.2) is 4.98 Å². The minimum atomic E-state index is -0.108. The first-order valence-electron chi connectivity index (χ1n) is 7.35. The minimum absolute atomic E-state index is 0.108. The quantitative estimate of drug-likeness (QED) is 0.698. The van der Waals surface area contributed by atoms with E-state index in [0.29, 0.717) is 37.4 Å². The number of furan rings is 1. The summed E-state index contributed by atoms with van der Waals surface area (Å²) in [4.78, 5) is 18.7. The van der Waals surface area contributed by atoms with Crippen molar-refractivity contribution in [2.45, 2.75) is 19.5 Å². The molecule has 0 unspecified atom stereocenters. The summed E-state index contributed by atoms with van der Waals surface area (Å²) in [5, 5.41) is 8.82. The summed E-state index contributed by atoms with van der Waals surface area (Å²) in [6.07, 6.45) is 3.73. The van der Waals surface area contributed by atoms with E-state index in [9.17, 15) is 4.79 Å². The number of hydrogen-bond acceptors (Lipinski definition) is 5. The lowest BCUT2D eigenvalue weighted by Gasteiger charge is -2.19. The average molecular weight is 308 g/mol. The van der Waals surface area contributed by atoms with Crippen molar-refractivity contribution in [3.63, 3.8) is 0 Å². The molecule has 3 aromatic heterocycles. The van der Waals surface area contributed by atoms with Crippen LogP contribution >= 0.6 is 0 Å². The second-order valence-electron chi connectivity index (χ2n) is 5.21. The van der Waals surface area contributed by atoms with Gasteiger partial charge in [0.1, 0.15) is 11.4 Å². The van der Waals surface area contributed by atoms with Gasteiger partial charge in [-0.05, 0) is 24.3 Å². The maximum atomic E-state index is 12.1. The zero-order valence-corrected chi connectivity index (χ0v) is 12.6. The first-order valence-corrected chi connectivity index (χ1v) is 7.35. The van der Waals surface area contributed by atoms with Gasteiger partial charge in [0, 0.05) is 31.8 Å². The summed E-state index contributed by atoms with van der Waals surface area (Å²) in [6.45, 7) is 1.65. The Morgan fingerprint density at radius 3 is 2.96 bits per heavy atom. The van der Waals surface area contributed by atoms with Gasteiger partial charge in [-0.1, -0.05) is 6.07 Å². The molecule has 3 heterocycles. The fourth-order valence-electron chi connectivity index (χ4n) is 2.46. The van der Waals surface area contributed by atoms with E-state index in [-0.39, 0.29) is 5.56 Å². The van der Waals surface area contributed by atoms with E-state index in [4.69, 9.17) is 9.68 Å². The maximum Gasteiger partial charge on any atom is 0.258 e. The zero-order chi connectivity index (χ0) is 16.1. The van der Waals surface area contributed by atoms with Crippen LogP contribution in [0.25, 0.3) is 5.65 Å². The summed E-state index contributed by atoms with van der Waals surface area (Å²) in [5.74, 6) is 0.820. The Kier molecular flexibility index (Phi) is 4.50. The van der Waals surface area contributed by atoms with E-state index >= 15 is 0 Å². The number of nitriles is 1. The standard InChI is InChI=1S/C17H16N4O2/c18-7-4-8-20(13-15-5-3-10-23-15)12-14-11-17(22)21-9-2-1-6-16(21)19-14/h1-3,5-6,9-11H,4,8,12-13H2. The van der Waals surface area contributed by atoms with Crippen LogP contribution < -0.4 is 5.56 Å². The molecular weight excluding hydrogens is 292 g/mol. The second-order valence-corrected chi connectivity index (χ2v) is 5.21. The van der Waals surface area contributed by atoms with E-state index < -0.39 is 0 Å². The molecule has 0 saturated carbocycles. The lowest BCUT2D eigenvalue weighted by Crippen LogP contribution is -2.26. The molecule has 23 heavy (non-hydrogen) atoms. The highest BCUT2D eigenvalue weighted by atomic mass is 16.3. The number of hydrogen-bond donors (Lipinski definition) is 0. The van der Waals surface area contributed by atoms with Crippen LogP contribution in [-0.4, -0.2) is 20.8 Å². The molecule has 0 atom stereocenters. The van der Waals surface area contributed by atoms with Crippen molar-refractivity contribution in [1.29, 1.82) is 5.26 Å². The molecule has 0 N–H and O–H groups in total. The Labute approximate surface area is 133 Å². The topological polar surface area (TPSA) is 74.5 Å². The molecule has 0 aliphatic carbocycles. The second kappa shape index (κ2) is 6.90. The molecule has 0 saturated heterocycles. The number of nitrogens with zero attached hydrogens (tertiary/aromatic N) is 4. The lowest BCUT2D eigenvalue weighted by atomic mass is 10.3. The van der Waals surface area contributed by atoms with Crippen LogP contribution in [0.4, 0.5) is 0 Å². The molecule has 0 fully saturated rings. The van der Waals surface area contributed by atoms with Crippen LogP contribution in [0.3, 0.4) is 0 Å². The van der Waals surface area contributed by atoms with Gasteiger partial charge in [0.15, 0.2) is 0 Å². The van der Waals surface area contributed by atoms with E-state index in [0.717, 1.165) is 5.76 Å². The largest absolute Gasteiger partial charge is 0.468 e. The number of rotatable bonds is 6. The van der Waals surface area contributed by atoms with Crippen LogP contribution in [0, 0.1) is 11.3 Å². The van der Waals surface area contributed by atoms with Gasteiger partial charge in [0.05, 0.1) is 24.6 Å². The molecular formula is C17H16N4O2. The fourth-order valence-corrected chi connectivity index (χ4v) is 2.46. The summed E-state index contributed by atoms with van der Waals surface area (Å²) < 4.78 is 6.87. The SMILES string of the molecule is N#CCCN(Cc1cc(=O)n2ccccc2n1)Cc1ccco1. The molecule has 3 rings (SSSR count). The highest BCUT2D eigenvalue weighted by Crippen LogP contribution is 2.10. The summed E-state index contributed by atoms with van der Waals surface area (Å²) in [6, 6.07) is 12.9. The van der Waals surface area contributed by atoms with Crippen LogP contribution in [-0.2, 0) is 13.1 Å². The third kappa shape index (κ3) is 3.65. The van der Waals surface area contributed by atoms with Crippen LogP contribution in [0.1, 0.15) is 17.9 Å². The first-order chi connectivity index (χ1) is 11.3. The Morgan fingerprint density at radius 2 is 2.17 bits per heavy atom. The minimum Gasteiger partial charge on any atom is -0.468 e. The van der Waals surface area contributed by atoms with Gasteiger partial charge >= 0.3 is 0 Å². The van der Waals surface area contributed by atoms with E-state index in [1.54, 1.807) is 24.6 Å². The Bertz CT molecular complexity index is 877. The molecule has 6 heteroatoms. The van der Waals surface area contributed by atoms with Gasteiger partial charge in [-0.2, -0.15) is 5.26 Å². The monoisotopic (exact) mass is 308 g/mol. The first kappa shape index (κ1) is 15.0. The fraction of sp³-hybridized carbons (Fsp3) is 0.235. The van der Waals surface area contributed by atoms with Crippen LogP contribution in [0.15, 0.2) is 58.1 Å². The summed E-state index contributed by atoms with van der Waals surface area (Å²) in [7, 11) is 0. The Morgan fingerprint density at radius 1 is 1.26 bits per heavy atom. The van der Waals surface area contributed by atoms with Crippen molar-refractivity contribution in [1.82, 2.24) is 14.3 Å². The van der Waals surface area contributed by atoms with Crippen molar-refractivity contribution in [3.8, 4) is 6.07 Å². The molecule has 0 amide bonds. The molecule has 0 bridgehead atoms. The normalized spacial score (nSPS) is 11.0. The highest BCUT2D eigenvalue weighted by molar-refractivity contribution is 5.37. The zero-order valence-electron chi connectivity index (χ0n) is 12.6. The van der Waals surface area contributed by atoms with E-state index in [1.807, 2.05) is 23.1 Å². The molecule has 0 aliphatic heterocycles. The van der Waals surface area contributed by atoms with Crippen LogP contribution in [0.2, 0.25) is 0 Å². The number of fused-ring (bicyclic) bond motifs is 1. The molecule has 0 aliphatic rings. The molecule has 0 spiro atoms. The smallest absolute Gasteiger partial charge is 0.258 e. The number of aromatic nitrogens is 2. The molecule has 116 valence electrons. The van der Waals surface area contributed by atoms with Crippen molar-refractivity contribution >= 4 is 5.65 Å². The van der Waals surface area contributed by atoms with Crippen molar-refractivity contribution < 1.29 is 4.42 Å². The van der Waals surface area contributed by atoms with Gasteiger partial charge in [-0.15, -0.1) is 0 Å². The van der Waals surface area contributed by atoms with E-state index in [1.165, 1.54) is 10.5 Å². The highest BCUT2D eigenvalue weighted by Gasteiger charge is 2.11. The van der Waals surface area contributed by atoms with Crippen molar-refractivity contribution in [2.75, 3.05) is 6.54 Å². The number of pyridine rings is 1. The van der Waals surface area contributed by atoms with Gasteiger partial charge in [-0.3, -0.25) is 14.1 Å². The lowest BCUT2D eigenvalue weighted by molar-refractivity contribution is 0.238. The Balaban J connectivity index is 1.84. The molecule has 0 radical (unpaired) electrons. The third-order valence-corrected chi connectivity index (χ3v) is 3.51. The summed E-state index contributed by atoms with van der Waals surface area (Å²) in [5.41, 5.74) is 1.20. The third-order valence-electron chi connectivity index (χ3n) is 3.51. The molecule has 6 nitrogen and oxygen atoms in total. The van der Waals surface area contributed by atoms with Crippen molar-refractivity contribution in [2.24, 2.45) is 0 Å². The predicted octanol–water partition coefficient (Wildman–Crippen LogP) is 2.20. The van der Waals surface area contributed by atoms with E-state index in [2.05, 4.69) is 11.1 Å². The van der Waals surface area contributed by atoms with Crippen LogP contribution in [0.5, 0.6) is 0 Å². The molecule has 3 aromatic rings. The average Bonchev–Trinajstić information content (AvgIpc) is 3.06. The predicted molar refractivity (Wildman–Crippen MR) is 84.5 cm³/mol. The van der Waals surface area contributed by atoms with Crippen molar-refractivity contribution in [3.05, 3.63) is 70.7 Å². The van der Waals surface area contributed by atoms with Gasteiger partial charge in [0.25, 0.3) is 5.56 Å². The maximum absolute atomic E-state index is 12.1.